The highest BCUT2D eigenvalue weighted by molar-refractivity contribution is 6.30. The van der Waals surface area contributed by atoms with Gasteiger partial charge in [-0.25, -0.2) is 0 Å². The first-order valence-corrected chi connectivity index (χ1v) is 8.24. The smallest absolute Gasteiger partial charge is 0.0705 e. The van der Waals surface area contributed by atoms with Crippen molar-refractivity contribution in [3.05, 3.63) is 89.1 Å². The summed E-state index contributed by atoms with van der Waals surface area (Å²) >= 11 is 5.91. The molecule has 0 N–H and O–H groups in total. The maximum absolute atomic E-state index is 5.91. The lowest BCUT2D eigenvalue weighted by Crippen LogP contribution is -1.85. The van der Waals surface area contributed by atoms with Gasteiger partial charge in [-0.1, -0.05) is 79.5 Å². The van der Waals surface area contributed by atoms with E-state index in [4.69, 9.17) is 11.6 Å². The Morgan fingerprint density at radius 1 is 0.739 bits per heavy atom. The Kier molecular flexibility index (Phi) is 8.71. The topological polar surface area (TPSA) is 12.9 Å². The van der Waals surface area contributed by atoms with Crippen LogP contribution in [0.25, 0.3) is 11.3 Å². The summed E-state index contributed by atoms with van der Waals surface area (Å²) in [5.74, 6) is 0. The molecule has 120 valence electrons. The van der Waals surface area contributed by atoms with Crippen LogP contribution in [0.2, 0.25) is 5.02 Å². The standard InChI is InChI=1S/C12H10ClN.C7H8.C2H6/c1-9-4-2-7-12(14-9)10-5-3-6-11(13)8-10;1-7-5-3-2-4-6-7;1-2/h2-8H,1H3;2-6H,1H3;1-2H3. The van der Waals surface area contributed by atoms with Gasteiger partial charge in [0.05, 0.1) is 5.69 Å². The molecule has 2 aromatic carbocycles. The van der Waals surface area contributed by atoms with Crippen LogP contribution in [0.1, 0.15) is 25.1 Å². The summed E-state index contributed by atoms with van der Waals surface area (Å²) in [5.41, 5.74) is 4.36. The number of halogens is 1. The predicted molar refractivity (Wildman–Crippen MR) is 102 cm³/mol. The molecule has 0 saturated carbocycles. The van der Waals surface area contributed by atoms with Gasteiger partial charge in [-0.15, -0.1) is 0 Å². The Balaban J connectivity index is 0.000000247. The number of nitrogens with zero attached hydrogens (tertiary/aromatic N) is 1. The quantitative estimate of drug-likeness (QED) is 0.483. The Morgan fingerprint density at radius 2 is 1.39 bits per heavy atom. The molecule has 3 rings (SSSR count). The van der Waals surface area contributed by atoms with Crippen molar-refractivity contribution >= 4 is 11.6 Å². The molecule has 1 heterocycles. The Bertz CT molecular complexity index is 649. The number of benzene rings is 2. The van der Waals surface area contributed by atoms with Crippen molar-refractivity contribution in [2.24, 2.45) is 0 Å². The fourth-order valence-electron chi connectivity index (χ4n) is 1.89. The molecule has 0 spiro atoms. The summed E-state index contributed by atoms with van der Waals surface area (Å²) in [4.78, 5) is 4.43. The van der Waals surface area contributed by atoms with Crippen molar-refractivity contribution in [2.45, 2.75) is 27.7 Å². The van der Waals surface area contributed by atoms with Crippen molar-refractivity contribution < 1.29 is 0 Å². The molecule has 0 aliphatic heterocycles. The molecular formula is C21H24ClN. The average molecular weight is 326 g/mol. The van der Waals surface area contributed by atoms with E-state index in [0.717, 1.165) is 22.0 Å². The number of hydrogen-bond acceptors (Lipinski definition) is 1. The molecule has 0 aliphatic carbocycles. The molecule has 0 atom stereocenters. The lowest BCUT2D eigenvalue weighted by molar-refractivity contribution is 1.21. The third-order valence-corrected chi connectivity index (χ3v) is 3.18. The highest BCUT2D eigenvalue weighted by atomic mass is 35.5. The summed E-state index contributed by atoms with van der Waals surface area (Å²) < 4.78 is 0. The molecular weight excluding hydrogens is 302 g/mol. The minimum Gasteiger partial charge on any atom is -0.253 e. The Hall–Kier alpha value is -2.12. The van der Waals surface area contributed by atoms with Crippen LogP contribution in [0, 0.1) is 13.8 Å². The zero-order valence-corrected chi connectivity index (χ0v) is 15.0. The number of aromatic nitrogens is 1. The summed E-state index contributed by atoms with van der Waals surface area (Å²) in [6.45, 7) is 8.06. The third-order valence-electron chi connectivity index (χ3n) is 2.95. The molecule has 23 heavy (non-hydrogen) atoms. The van der Waals surface area contributed by atoms with Gasteiger partial charge in [-0.3, -0.25) is 4.98 Å². The van der Waals surface area contributed by atoms with Crippen LogP contribution >= 0.6 is 11.6 Å². The molecule has 0 unspecified atom stereocenters. The largest absolute Gasteiger partial charge is 0.253 e. The van der Waals surface area contributed by atoms with Gasteiger partial charge < -0.3 is 0 Å². The first-order chi connectivity index (χ1) is 11.1. The van der Waals surface area contributed by atoms with Gasteiger partial charge in [0.25, 0.3) is 0 Å². The lowest BCUT2D eigenvalue weighted by atomic mass is 10.1. The second kappa shape index (κ2) is 10.6. The first kappa shape index (κ1) is 18.9. The molecule has 3 aromatic rings. The maximum atomic E-state index is 5.91. The average Bonchev–Trinajstić information content (AvgIpc) is 2.58. The fourth-order valence-corrected chi connectivity index (χ4v) is 2.08. The van der Waals surface area contributed by atoms with E-state index in [0.29, 0.717) is 0 Å². The molecule has 0 radical (unpaired) electrons. The second-order valence-electron chi connectivity index (χ2n) is 4.83. The van der Waals surface area contributed by atoms with Crippen molar-refractivity contribution in [3.8, 4) is 11.3 Å². The number of aryl methyl sites for hydroxylation is 2. The van der Waals surface area contributed by atoms with Crippen molar-refractivity contribution in [1.82, 2.24) is 4.98 Å². The van der Waals surface area contributed by atoms with Crippen LogP contribution in [-0.4, -0.2) is 4.98 Å². The normalized spacial score (nSPS) is 9.09. The Labute approximate surface area is 145 Å². The van der Waals surface area contributed by atoms with E-state index in [9.17, 15) is 0 Å². The van der Waals surface area contributed by atoms with Crippen LogP contribution < -0.4 is 0 Å². The van der Waals surface area contributed by atoms with Crippen LogP contribution in [0.4, 0.5) is 0 Å². The molecule has 0 aliphatic rings. The Morgan fingerprint density at radius 3 is 1.91 bits per heavy atom. The first-order valence-electron chi connectivity index (χ1n) is 7.86. The van der Waals surface area contributed by atoms with Crippen molar-refractivity contribution in [1.29, 1.82) is 0 Å². The summed E-state index contributed by atoms with van der Waals surface area (Å²) in [5, 5.41) is 0.741. The van der Waals surface area contributed by atoms with Crippen LogP contribution in [-0.2, 0) is 0 Å². The van der Waals surface area contributed by atoms with Crippen LogP contribution in [0.3, 0.4) is 0 Å². The van der Waals surface area contributed by atoms with Gasteiger partial charge in [0.2, 0.25) is 0 Å². The highest BCUT2D eigenvalue weighted by Gasteiger charge is 1.99. The van der Waals surface area contributed by atoms with Crippen molar-refractivity contribution in [3.63, 3.8) is 0 Å². The maximum Gasteiger partial charge on any atom is 0.0705 e. The number of rotatable bonds is 1. The van der Waals surface area contributed by atoms with E-state index < -0.39 is 0 Å². The zero-order valence-electron chi connectivity index (χ0n) is 14.3. The molecule has 0 amide bonds. The molecule has 1 nitrogen and oxygen atoms in total. The van der Waals surface area contributed by atoms with E-state index in [1.54, 1.807) is 0 Å². The monoisotopic (exact) mass is 325 g/mol. The van der Waals surface area contributed by atoms with E-state index in [1.165, 1.54) is 5.56 Å². The van der Waals surface area contributed by atoms with Gasteiger partial charge in [0.1, 0.15) is 0 Å². The number of pyridine rings is 1. The SMILES string of the molecule is CC.Cc1cccc(-c2cccc(Cl)c2)n1.Cc1ccccc1. The van der Waals surface area contributed by atoms with Gasteiger partial charge in [0, 0.05) is 16.3 Å². The molecule has 0 fully saturated rings. The van der Waals surface area contributed by atoms with E-state index >= 15 is 0 Å². The van der Waals surface area contributed by atoms with E-state index in [1.807, 2.05) is 81.4 Å². The van der Waals surface area contributed by atoms with E-state index in [-0.39, 0.29) is 0 Å². The van der Waals surface area contributed by atoms with Gasteiger partial charge in [-0.2, -0.15) is 0 Å². The highest BCUT2D eigenvalue weighted by Crippen LogP contribution is 2.20. The van der Waals surface area contributed by atoms with E-state index in [2.05, 4.69) is 24.0 Å². The van der Waals surface area contributed by atoms with Gasteiger partial charge in [-0.05, 0) is 38.1 Å². The predicted octanol–water partition coefficient (Wildman–Crippen LogP) is 6.73. The minimum absolute atomic E-state index is 0.741. The fraction of sp³-hybridized carbons (Fsp3) is 0.190. The second-order valence-corrected chi connectivity index (χ2v) is 5.27. The molecule has 2 heteroatoms. The van der Waals surface area contributed by atoms with Crippen molar-refractivity contribution in [2.75, 3.05) is 0 Å². The number of hydrogen-bond donors (Lipinski definition) is 0. The molecule has 0 saturated heterocycles. The molecule has 1 aromatic heterocycles. The molecule has 0 bridgehead atoms. The van der Waals surface area contributed by atoms with Gasteiger partial charge in [0.15, 0.2) is 0 Å². The van der Waals surface area contributed by atoms with Crippen LogP contribution in [0.15, 0.2) is 72.8 Å². The van der Waals surface area contributed by atoms with Gasteiger partial charge >= 0.3 is 0 Å². The minimum atomic E-state index is 0.741. The summed E-state index contributed by atoms with van der Waals surface area (Å²) in [6, 6.07) is 23.9. The zero-order chi connectivity index (χ0) is 17.1. The summed E-state index contributed by atoms with van der Waals surface area (Å²) in [6.07, 6.45) is 0. The third kappa shape index (κ3) is 7.12. The summed E-state index contributed by atoms with van der Waals surface area (Å²) in [7, 11) is 0. The van der Waals surface area contributed by atoms with Crippen LogP contribution in [0.5, 0.6) is 0 Å². The lowest BCUT2D eigenvalue weighted by Gasteiger charge is -2.01.